The van der Waals surface area contributed by atoms with Gasteiger partial charge in [0.2, 0.25) is 5.69 Å². The summed E-state index contributed by atoms with van der Waals surface area (Å²) in [5, 5.41) is 12.0. The SMILES string of the molecule is COc1cc[n+]([O-])c(-c2cccn2Cc2ccccc2)c1. The van der Waals surface area contributed by atoms with Gasteiger partial charge < -0.3 is 14.5 Å². The van der Waals surface area contributed by atoms with E-state index >= 15 is 0 Å². The molecule has 0 fully saturated rings. The van der Waals surface area contributed by atoms with Gasteiger partial charge in [0.25, 0.3) is 0 Å². The van der Waals surface area contributed by atoms with Gasteiger partial charge >= 0.3 is 0 Å². The molecule has 0 aliphatic rings. The number of nitrogens with zero attached hydrogens (tertiary/aromatic N) is 2. The first-order valence-corrected chi connectivity index (χ1v) is 6.74. The Morgan fingerprint density at radius 1 is 1.10 bits per heavy atom. The van der Waals surface area contributed by atoms with Crippen molar-refractivity contribution in [3.8, 4) is 17.1 Å². The first-order valence-electron chi connectivity index (χ1n) is 6.74. The molecule has 0 aliphatic carbocycles. The van der Waals surface area contributed by atoms with Crippen LogP contribution in [-0.4, -0.2) is 11.7 Å². The average molecular weight is 280 g/mol. The van der Waals surface area contributed by atoms with Crippen LogP contribution in [0.3, 0.4) is 0 Å². The molecule has 0 amide bonds. The topological polar surface area (TPSA) is 41.1 Å². The lowest BCUT2D eigenvalue weighted by Gasteiger charge is -2.10. The number of aromatic nitrogens is 2. The van der Waals surface area contributed by atoms with Crippen LogP contribution in [0.5, 0.6) is 5.75 Å². The van der Waals surface area contributed by atoms with Gasteiger partial charge in [-0.15, -0.1) is 0 Å². The molecule has 3 rings (SSSR count). The highest BCUT2D eigenvalue weighted by Crippen LogP contribution is 2.21. The van der Waals surface area contributed by atoms with E-state index in [2.05, 4.69) is 16.7 Å². The van der Waals surface area contributed by atoms with Crippen LogP contribution < -0.4 is 9.47 Å². The van der Waals surface area contributed by atoms with Crippen molar-refractivity contribution in [3.05, 3.63) is 77.8 Å². The molecule has 106 valence electrons. The quantitative estimate of drug-likeness (QED) is 0.544. The van der Waals surface area contributed by atoms with Gasteiger partial charge in [-0.3, -0.25) is 0 Å². The molecule has 1 aromatic carbocycles. The zero-order valence-electron chi connectivity index (χ0n) is 11.8. The fraction of sp³-hybridized carbons (Fsp3) is 0.118. The lowest BCUT2D eigenvalue weighted by molar-refractivity contribution is -0.594. The molecule has 0 bridgehead atoms. The number of methoxy groups -OCH3 is 1. The lowest BCUT2D eigenvalue weighted by atomic mass is 10.2. The molecular weight excluding hydrogens is 264 g/mol. The van der Waals surface area contributed by atoms with Crippen LogP contribution >= 0.6 is 0 Å². The van der Waals surface area contributed by atoms with Crippen LogP contribution in [-0.2, 0) is 6.54 Å². The summed E-state index contributed by atoms with van der Waals surface area (Å²) in [5.41, 5.74) is 2.64. The van der Waals surface area contributed by atoms with Crippen LogP contribution in [0.25, 0.3) is 11.4 Å². The van der Waals surface area contributed by atoms with Crippen molar-refractivity contribution in [1.29, 1.82) is 0 Å². The van der Waals surface area contributed by atoms with Crippen molar-refractivity contribution in [2.75, 3.05) is 7.11 Å². The Labute approximate surface area is 123 Å². The van der Waals surface area contributed by atoms with Gasteiger partial charge in [-0.1, -0.05) is 30.3 Å². The highest BCUT2D eigenvalue weighted by atomic mass is 16.5. The van der Waals surface area contributed by atoms with E-state index in [0.29, 0.717) is 11.4 Å². The second-order valence-corrected chi connectivity index (χ2v) is 4.78. The Morgan fingerprint density at radius 2 is 1.90 bits per heavy atom. The van der Waals surface area contributed by atoms with Crippen LogP contribution in [0.1, 0.15) is 5.56 Å². The van der Waals surface area contributed by atoms with E-state index in [1.165, 1.54) is 11.8 Å². The molecule has 0 saturated carbocycles. The zero-order chi connectivity index (χ0) is 14.7. The van der Waals surface area contributed by atoms with E-state index in [9.17, 15) is 5.21 Å². The molecule has 3 aromatic rings. The number of ether oxygens (including phenoxy) is 1. The predicted molar refractivity (Wildman–Crippen MR) is 80.9 cm³/mol. The van der Waals surface area contributed by atoms with Crippen molar-refractivity contribution < 1.29 is 9.47 Å². The van der Waals surface area contributed by atoms with Crippen LogP contribution in [0.2, 0.25) is 0 Å². The van der Waals surface area contributed by atoms with Crippen LogP contribution in [0, 0.1) is 5.21 Å². The zero-order valence-corrected chi connectivity index (χ0v) is 11.8. The van der Waals surface area contributed by atoms with Crippen molar-refractivity contribution in [2.24, 2.45) is 0 Å². The van der Waals surface area contributed by atoms with Gasteiger partial charge in [-0.2, -0.15) is 4.73 Å². The summed E-state index contributed by atoms with van der Waals surface area (Å²) in [4.78, 5) is 0. The summed E-state index contributed by atoms with van der Waals surface area (Å²) in [6.45, 7) is 0.723. The average Bonchev–Trinajstić information content (AvgIpc) is 2.97. The summed E-state index contributed by atoms with van der Waals surface area (Å²) in [5.74, 6) is 0.671. The molecular formula is C17H16N2O2. The van der Waals surface area contributed by atoms with E-state index < -0.39 is 0 Å². The number of rotatable bonds is 4. The highest BCUT2D eigenvalue weighted by Gasteiger charge is 2.14. The Kier molecular flexibility index (Phi) is 3.60. The largest absolute Gasteiger partial charge is 0.618 e. The third-order valence-corrected chi connectivity index (χ3v) is 3.41. The molecule has 0 N–H and O–H groups in total. The van der Waals surface area contributed by atoms with Gasteiger partial charge in [-0.25, -0.2) is 0 Å². The fourth-order valence-electron chi connectivity index (χ4n) is 2.35. The van der Waals surface area contributed by atoms with E-state index in [-0.39, 0.29) is 0 Å². The number of hydrogen-bond donors (Lipinski definition) is 0. The molecule has 2 aromatic heterocycles. The summed E-state index contributed by atoms with van der Waals surface area (Å²) in [6.07, 6.45) is 3.44. The second-order valence-electron chi connectivity index (χ2n) is 4.78. The van der Waals surface area contributed by atoms with Crippen LogP contribution in [0.15, 0.2) is 67.0 Å². The summed E-state index contributed by atoms with van der Waals surface area (Å²) in [6, 6.07) is 17.4. The molecule has 0 unspecified atom stereocenters. The molecule has 4 heteroatoms. The molecule has 0 saturated heterocycles. The summed E-state index contributed by atoms with van der Waals surface area (Å²) >= 11 is 0. The molecule has 0 atom stereocenters. The molecule has 0 aliphatic heterocycles. The van der Waals surface area contributed by atoms with Crippen LogP contribution in [0.4, 0.5) is 0 Å². The molecule has 4 nitrogen and oxygen atoms in total. The van der Waals surface area contributed by atoms with Crippen molar-refractivity contribution in [2.45, 2.75) is 6.54 Å². The Morgan fingerprint density at radius 3 is 2.67 bits per heavy atom. The molecule has 0 radical (unpaired) electrons. The summed E-state index contributed by atoms with van der Waals surface area (Å²) in [7, 11) is 1.59. The van der Waals surface area contributed by atoms with Gasteiger partial charge in [0.05, 0.1) is 13.2 Å². The van der Waals surface area contributed by atoms with E-state index in [1.807, 2.05) is 36.5 Å². The minimum absolute atomic E-state index is 0.579. The number of hydrogen-bond acceptors (Lipinski definition) is 2. The van der Waals surface area contributed by atoms with Gasteiger partial charge in [0.15, 0.2) is 6.20 Å². The van der Waals surface area contributed by atoms with E-state index in [0.717, 1.165) is 17.0 Å². The Balaban J connectivity index is 1.99. The smallest absolute Gasteiger partial charge is 0.244 e. The first kappa shape index (κ1) is 13.2. The standard InChI is InChI=1S/C17H16N2O2/c1-21-15-9-11-19(20)17(12-15)16-8-5-10-18(16)13-14-6-3-2-4-7-14/h2-12H,13H2,1H3. The monoisotopic (exact) mass is 280 g/mol. The third-order valence-electron chi connectivity index (χ3n) is 3.41. The van der Waals surface area contributed by atoms with E-state index in [4.69, 9.17) is 4.74 Å². The van der Waals surface area contributed by atoms with Crippen molar-refractivity contribution in [1.82, 2.24) is 4.57 Å². The lowest BCUT2D eigenvalue weighted by Crippen LogP contribution is -2.29. The normalized spacial score (nSPS) is 10.5. The number of benzene rings is 1. The molecule has 0 spiro atoms. The maximum Gasteiger partial charge on any atom is 0.244 e. The minimum Gasteiger partial charge on any atom is -0.618 e. The second kappa shape index (κ2) is 5.71. The Hall–Kier alpha value is -2.75. The first-order chi connectivity index (χ1) is 10.3. The van der Waals surface area contributed by atoms with Gasteiger partial charge in [-0.05, 0) is 17.7 Å². The highest BCUT2D eigenvalue weighted by molar-refractivity contribution is 5.54. The minimum atomic E-state index is 0.579. The Bertz CT molecular complexity index is 736. The van der Waals surface area contributed by atoms with Gasteiger partial charge in [0.1, 0.15) is 11.4 Å². The predicted octanol–water partition coefficient (Wildman–Crippen LogP) is 2.85. The number of pyridine rings is 1. The van der Waals surface area contributed by atoms with Gasteiger partial charge in [0, 0.05) is 18.8 Å². The fourth-order valence-corrected chi connectivity index (χ4v) is 2.35. The van der Waals surface area contributed by atoms with Crippen molar-refractivity contribution in [3.63, 3.8) is 0 Å². The maximum atomic E-state index is 12.0. The summed E-state index contributed by atoms with van der Waals surface area (Å²) < 4.78 is 8.12. The van der Waals surface area contributed by atoms with E-state index in [1.54, 1.807) is 19.2 Å². The molecule has 2 heterocycles. The third kappa shape index (κ3) is 2.74. The maximum absolute atomic E-state index is 12.0. The van der Waals surface area contributed by atoms with Crippen molar-refractivity contribution >= 4 is 0 Å². The molecule has 21 heavy (non-hydrogen) atoms.